The van der Waals surface area contributed by atoms with Crippen LogP contribution < -0.4 is 9.46 Å². The number of nitrogens with zero attached hydrogens (tertiary/aromatic N) is 1. The SMILES string of the molecule is CS(=O)(=O)N[C@H]1CCCN(C(=O)C2CC2)[C@H]1COC1CCC(c2cccc(OC(F)(F)F)c2)CC1. The summed E-state index contributed by atoms with van der Waals surface area (Å²) in [5.74, 6) is 0.0368. The van der Waals surface area contributed by atoms with Crippen LogP contribution in [-0.4, -0.2) is 63.2 Å². The predicted octanol–water partition coefficient (Wildman–Crippen LogP) is 3.95. The molecule has 0 spiro atoms. The molecule has 1 aliphatic heterocycles. The van der Waals surface area contributed by atoms with Crippen molar-refractivity contribution < 1.29 is 35.9 Å². The molecule has 0 radical (unpaired) electrons. The number of benzene rings is 1. The Hall–Kier alpha value is -1.85. The number of carbonyl (C=O) groups excluding carboxylic acids is 1. The van der Waals surface area contributed by atoms with Crippen LogP contribution in [0.4, 0.5) is 13.2 Å². The number of sulfonamides is 1. The van der Waals surface area contributed by atoms with Crippen LogP contribution in [0.2, 0.25) is 0 Å². The number of hydrogen-bond donors (Lipinski definition) is 1. The first-order chi connectivity index (χ1) is 16.5. The van der Waals surface area contributed by atoms with Gasteiger partial charge in [-0.05, 0) is 75.0 Å². The molecular formula is C24H33F3N2O5S. The van der Waals surface area contributed by atoms with E-state index < -0.39 is 16.4 Å². The molecule has 3 aliphatic rings. The van der Waals surface area contributed by atoms with E-state index in [4.69, 9.17) is 4.74 Å². The van der Waals surface area contributed by atoms with E-state index in [1.807, 2.05) is 11.0 Å². The van der Waals surface area contributed by atoms with Gasteiger partial charge < -0.3 is 14.4 Å². The molecule has 11 heteroatoms. The molecule has 35 heavy (non-hydrogen) atoms. The number of likely N-dealkylation sites (tertiary alicyclic amines) is 1. The van der Waals surface area contributed by atoms with E-state index >= 15 is 0 Å². The van der Waals surface area contributed by atoms with Gasteiger partial charge in [0, 0.05) is 18.5 Å². The highest BCUT2D eigenvalue weighted by molar-refractivity contribution is 7.88. The average Bonchev–Trinajstić information content (AvgIpc) is 3.61. The lowest BCUT2D eigenvalue weighted by Crippen LogP contribution is -2.59. The maximum absolute atomic E-state index is 12.9. The number of halogens is 3. The summed E-state index contributed by atoms with van der Waals surface area (Å²) in [6.45, 7) is 0.865. The molecule has 2 aliphatic carbocycles. The smallest absolute Gasteiger partial charge is 0.406 e. The van der Waals surface area contributed by atoms with Crippen LogP contribution >= 0.6 is 0 Å². The van der Waals surface area contributed by atoms with Crippen LogP contribution in [0, 0.1) is 5.92 Å². The van der Waals surface area contributed by atoms with Crippen molar-refractivity contribution in [2.45, 2.75) is 81.8 Å². The zero-order chi connectivity index (χ0) is 25.2. The molecule has 2 saturated carbocycles. The van der Waals surface area contributed by atoms with Crippen LogP contribution in [0.25, 0.3) is 0 Å². The van der Waals surface area contributed by atoms with Crippen molar-refractivity contribution in [1.29, 1.82) is 0 Å². The predicted molar refractivity (Wildman–Crippen MR) is 123 cm³/mol. The normalized spacial score (nSPS) is 28.1. The van der Waals surface area contributed by atoms with Gasteiger partial charge in [0.2, 0.25) is 15.9 Å². The maximum atomic E-state index is 12.9. The Morgan fingerprint density at radius 1 is 1.11 bits per heavy atom. The Kier molecular flexibility index (Phi) is 7.97. The second-order valence-electron chi connectivity index (χ2n) is 9.94. The van der Waals surface area contributed by atoms with Gasteiger partial charge in [-0.15, -0.1) is 13.2 Å². The molecule has 1 aromatic rings. The molecule has 1 N–H and O–H groups in total. The number of rotatable bonds is 8. The van der Waals surface area contributed by atoms with Gasteiger partial charge in [0.05, 0.1) is 25.0 Å². The lowest BCUT2D eigenvalue weighted by Gasteiger charge is -2.42. The van der Waals surface area contributed by atoms with E-state index in [2.05, 4.69) is 9.46 Å². The third kappa shape index (κ3) is 7.57. The summed E-state index contributed by atoms with van der Waals surface area (Å²) < 4.78 is 74.4. The van der Waals surface area contributed by atoms with Crippen LogP contribution in [0.3, 0.4) is 0 Å². The van der Waals surface area contributed by atoms with E-state index in [1.165, 1.54) is 12.1 Å². The lowest BCUT2D eigenvalue weighted by molar-refractivity contribution is -0.274. The minimum atomic E-state index is -4.72. The topological polar surface area (TPSA) is 84.9 Å². The highest BCUT2D eigenvalue weighted by atomic mass is 32.2. The number of amides is 1. The quantitative estimate of drug-likeness (QED) is 0.564. The van der Waals surface area contributed by atoms with Crippen LogP contribution in [0.1, 0.15) is 62.8 Å². The van der Waals surface area contributed by atoms with Crippen molar-refractivity contribution in [3.8, 4) is 5.75 Å². The fourth-order valence-corrected chi connectivity index (χ4v) is 6.10. The van der Waals surface area contributed by atoms with E-state index in [0.717, 1.165) is 56.8 Å². The molecule has 3 fully saturated rings. The molecule has 0 bridgehead atoms. The molecule has 0 unspecified atom stereocenters. The maximum Gasteiger partial charge on any atom is 0.573 e. The largest absolute Gasteiger partial charge is 0.573 e. The number of ether oxygens (including phenoxy) is 2. The van der Waals surface area contributed by atoms with Gasteiger partial charge in [0.25, 0.3) is 0 Å². The summed E-state index contributed by atoms with van der Waals surface area (Å²) >= 11 is 0. The molecule has 0 aromatic heterocycles. The standard InChI is InChI=1S/C24H33F3N2O5S/c1-35(31,32)28-21-6-3-13-29(23(30)17-7-8-17)22(21)15-33-19-11-9-16(10-12-19)18-4-2-5-20(14-18)34-24(25,26)27/h2,4-5,14,16-17,19,21-22,28H,3,6-13,15H2,1H3/t16?,19?,21-,22-/m0/s1. The Bertz CT molecular complexity index is 991. The van der Waals surface area contributed by atoms with Crippen molar-refractivity contribution in [2.24, 2.45) is 5.92 Å². The fraction of sp³-hybridized carbons (Fsp3) is 0.708. The van der Waals surface area contributed by atoms with Crippen LogP contribution in [-0.2, 0) is 19.6 Å². The number of piperidine rings is 1. The monoisotopic (exact) mass is 518 g/mol. The number of carbonyl (C=O) groups is 1. The van der Waals surface area contributed by atoms with Gasteiger partial charge in [0.1, 0.15) is 5.75 Å². The Morgan fingerprint density at radius 3 is 2.46 bits per heavy atom. The van der Waals surface area contributed by atoms with E-state index in [9.17, 15) is 26.4 Å². The first-order valence-electron chi connectivity index (χ1n) is 12.2. The molecule has 1 aromatic carbocycles. The number of hydrogen-bond acceptors (Lipinski definition) is 5. The van der Waals surface area contributed by atoms with Crippen molar-refractivity contribution >= 4 is 15.9 Å². The highest BCUT2D eigenvalue weighted by Gasteiger charge is 2.42. The summed E-state index contributed by atoms with van der Waals surface area (Å²) in [5, 5.41) is 0. The molecule has 7 nitrogen and oxygen atoms in total. The summed E-state index contributed by atoms with van der Waals surface area (Å²) in [6, 6.07) is 5.41. The summed E-state index contributed by atoms with van der Waals surface area (Å²) in [6.07, 6.45) is 2.53. The van der Waals surface area contributed by atoms with Gasteiger partial charge in [-0.2, -0.15) is 0 Å². The van der Waals surface area contributed by atoms with Gasteiger partial charge in [0.15, 0.2) is 0 Å². The highest BCUT2D eigenvalue weighted by Crippen LogP contribution is 2.37. The van der Waals surface area contributed by atoms with Gasteiger partial charge in [-0.1, -0.05) is 12.1 Å². The van der Waals surface area contributed by atoms with E-state index in [-0.39, 0.29) is 48.3 Å². The molecule has 1 saturated heterocycles. The van der Waals surface area contributed by atoms with Crippen molar-refractivity contribution in [1.82, 2.24) is 9.62 Å². The van der Waals surface area contributed by atoms with Crippen LogP contribution in [0.15, 0.2) is 24.3 Å². The molecule has 1 amide bonds. The van der Waals surface area contributed by atoms with Gasteiger partial charge in [-0.3, -0.25) is 4.79 Å². The Morgan fingerprint density at radius 2 is 1.83 bits per heavy atom. The third-order valence-corrected chi connectivity index (χ3v) is 7.82. The number of alkyl halides is 3. The Balaban J connectivity index is 1.34. The lowest BCUT2D eigenvalue weighted by atomic mass is 9.82. The minimum Gasteiger partial charge on any atom is -0.406 e. The van der Waals surface area contributed by atoms with Gasteiger partial charge >= 0.3 is 6.36 Å². The first-order valence-corrected chi connectivity index (χ1v) is 14.1. The second kappa shape index (κ2) is 10.6. The Labute approximate surface area is 204 Å². The van der Waals surface area contributed by atoms with Gasteiger partial charge in [-0.25, -0.2) is 13.1 Å². The van der Waals surface area contributed by atoms with Crippen LogP contribution in [0.5, 0.6) is 5.75 Å². The summed E-state index contributed by atoms with van der Waals surface area (Å²) in [5.41, 5.74) is 0.816. The van der Waals surface area contributed by atoms with E-state index in [1.54, 1.807) is 6.07 Å². The van der Waals surface area contributed by atoms with Crippen molar-refractivity contribution in [3.05, 3.63) is 29.8 Å². The van der Waals surface area contributed by atoms with Crippen molar-refractivity contribution in [2.75, 3.05) is 19.4 Å². The van der Waals surface area contributed by atoms with E-state index in [0.29, 0.717) is 13.0 Å². The molecular weight excluding hydrogens is 485 g/mol. The zero-order valence-electron chi connectivity index (χ0n) is 19.8. The second-order valence-corrected chi connectivity index (χ2v) is 11.7. The molecule has 196 valence electrons. The molecule has 1 heterocycles. The summed E-state index contributed by atoms with van der Waals surface area (Å²) in [7, 11) is -3.43. The molecule has 2 atom stereocenters. The average molecular weight is 519 g/mol. The zero-order valence-corrected chi connectivity index (χ0v) is 20.6. The number of nitrogens with one attached hydrogen (secondary N) is 1. The summed E-state index contributed by atoms with van der Waals surface area (Å²) in [4.78, 5) is 14.7. The minimum absolute atomic E-state index is 0.0421. The fourth-order valence-electron chi connectivity index (χ4n) is 5.28. The van der Waals surface area contributed by atoms with Crippen molar-refractivity contribution in [3.63, 3.8) is 0 Å². The first kappa shape index (κ1) is 26.2. The molecule has 4 rings (SSSR count). The third-order valence-electron chi connectivity index (χ3n) is 7.09.